The zero-order valence-electron chi connectivity index (χ0n) is 54.8. The maximum atomic E-state index is 14.6. The van der Waals surface area contributed by atoms with E-state index in [1.807, 2.05) is 18.7 Å². The molecule has 0 spiro atoms. The number of rotatable bonds is 31. The summed E-state index contributed by atoms with van der Waals surface area (Å²) in [6.45, 7) is 10.2. The van der Waals surface area contributed by atoms with Gasteiger partial charge in [0.2, 0.25) is 21.6 Å². The second-order valence-electron chi connectivity index (χ2n) is 25.9. The number of anilines is 2. The lowest BCUT2D eigenvalue weighted by Gasteiger charge is -2.27. The number of carboxylic acids is 1. The van der Waals surface area contributed by atoms with Crippen molar-refractivity contribution in [1.29, 1.82) is 0 Å². The summed E-state index contributed by atoms with van der Waals surface area (Å²) in [5, 5.41) is 17.0. The molecule has 6 aromatic rings. The number of amides is 1. The number of hydrogen-bond acceptors (Lipinski definition) is 19. The number of aliphatic carboxylic acids is 1. The first-order chi connectivity index (χ1) is 45.5. The quantitative estimate of drug-likeness (QED) is 0.0117. The topological polar surface area (TPSA) is 384 Å². The van der Waals surface area contributed by atoms with E-state index in [-0.39, 0.29) is 85.8 Å². The van der Waals surface area contributed by atoms with Gasteiger partial charge in [-0.1, -0.05) is 69.5 Å². The molecule has 1 atom stereocenters. The van der Waals surface area contributed by atoms with Gasteiger partial charge in [0.05, 0.1) is 41.9 Å². The molecule has 0 saturated carbocycles. The fourth-order valence-electron chi connectivity index (χ4n) is 13.6. The van der Waals surface area contributed by atoms with E-state index in [1.165, 1.54) is 29.6 Å². The zero-order valence-corrected chi connectivity index (χ0v) is 58.9. The molecule has 0 unspecified atom stereocenters. The Labute approximate surface area is 567 Å². The molecule has 0 fully saturated rings. The second-order valence-corrected chi connectivity index (χ2v) is 33.7. The number of pyridine rings is 1. The van der Waals surface area contributed by atoms with E-state index in [9.17, 15) is 75.0 Å². The molecule has 4 aromatic carbocycles. The highest BCUT2D eigenvalue weighted by Gasteiger charge is 2.47. The van der Waals surface area contributed by atoms with Crippen LogP contribution in [0.1, 0.15) is 144 Å². The number of nitrogens with one attached hydrogen (secondary N) is 2. The number of carbonyl (C=O) groups is 2. The Balaban J connectivity index is 0.903. The Kier molecular flexibility index (Phi) is 22.5. The summed E-state index contributed by atoms with van der Waals surface area (Å²) in [5.74, 6) is -1.22. The van der Waals surface area contributed by atoms with Crippen molar-refractivity contribution >= 4 is 107 Å². The Morgan fingerprint density at radius 3 is 2.15 bits per heavy atom. The van der Waals surface area contributed by atoms with E-state index in [0.29, 0.717) is 63.9 Å². The number of fused-ring (bicyclic) bond motifs is 7. The standard InChI is InChI=1S/C67H82N8O17S5/c1-44-69-42-48(43-70-44)45(38-62(77)78)19-10-7-8-11-22-54-47(37-46-20-15-31-68-65(46)72-54)41-71-61(76)26-16-32-73(6)95(85,86)57-23-14-21-52-50(57)27-29-55-63(52)66(2,3)59(74(55)33-17-35-93(79,80)81)24-12-9-13-25-60-67(4,5)64-53-39-49(96(87,88)89)40-58(97(90,91)92)51(53)28-30-56(64)75(60)34-18-36-94(82,83)84/h9,12-14,21,23-25,27-30,37,39-40,42-43,45H,7-8,10-11,15-20,22,26,31-36,38,41H2,1-6H3,(H6-,68,71,72,76,77,78,79,80,81,82,83,84,87,88,89,90,91,92)/p-1/t45-/m0/s1. The van der Waals surface area contributed by atoms with Crippen LogP contribution in [-0.4, -0.2) is 152 Å². The van der Waals surface area contributed by atoms with Gasteiger partial charge in [-0.25, -0.2) is 44.5 Å². The number of aryl methyl sites for hydroxylation is 3. The van der Waals surface area contributed by atoms with Crippen molar-refractivity contribution in [3.05, 3.63) is 148 Å². The van der Waals surface area contributed by atoms with Gasteiger partial charge in [0.1, 0.15) is 23.1 Å². The number of carboxylic acid groups (broad SMARTS) is 1. The third kappa shape index (κ3) is 17.4. The normalized spacial score (nSPS) is 16.4. The highest BCUT2D eigenvalue weighted by Crippen LogP contribution is 2.52. The highest BCUT2D eigenvalue weighted by atomic mass is 32.2. The van der Waals surface area contributed by atoms with Crippen LogP contribution in [0.5, 0.6) is 0 Å². The average molecular weight is 1430 g/mol. The molecule has 0 aliphatic carbocycles. The summed E-state index contributed by atoms with van der Waals surface area (Å²) in [5.41, 5.74) is 4.95. The number of hydrogen-bond donors (Lipinski definition) is 5. The minimum atomic E-state index is -5.06. The molecule has 30 heteroatoms. The predicted molar refractivity (Wildman–Crippen MR) is 366 cm³/mol. The molecule has 9 rings (SSSR count). The molecule has 5 heterocycles. The van der Waals surface area contributed by atoms with E-state index in [4.69, 9.17) is 4.98 Å². The first-order valence-electron chi connectivity index (χ1n) is 31.9. The van der Waals surface area contributed by atoms with Gasteiger partial charge >= 0.3 is 5.97 Å². The van der Waals surface area contributed by atoms with Crippen LogP contribution in [0.25, 0.3) is 21.5 Å². The minimum Gasteiger partial charge on any atom is -0.748 e. The molecular weight excluding hydrogens is 1350 g/mol. The summed E-state index contributed by atoms with van der Waals surface area (Å²) < 4.78 is 174. The molecule has 25 nitrogen and oxygen atoms in total. The van der Waals surface area contributed by atoms with E-state index < -0.39 is 88.6 Å². The van der Waals surface area contributed by atoms with E-state index in [2.05, 4.69) is 26.7 Å². The Hall–Kier alpha value is -7.39. The first kappa shape index (κ1) is 73.8. The fraction of sp³-hybridized carbons (Fsp3) is 0.433. The van der Waals surface area contributed by atoms with Crippen molar-refractivity contribution in [3.8, 4) is 0 Å². The molecule has 3 aliphatic heterocycles. The molecule has 2 aromatic heterocycles. The molecule has 0 bridgehead atoms. The van der Waals surface area contributed by atoms with Crippen molar-refractivity contribution < 1.29 is 79.6 Å². The summed E-state index contributed by atoms with van der Waals surface area (Å²) in [7, 11) is -22.1. The number of allylic oxidation sites excluding steroid dienone is 6. The Morgan fingerprint density at radius 2 is 1.46 bits per heavy atom. The summed E-state index contributed by atoms with van der Waals surface area (Å²) in [4.78, 5) is 39.0. The molecular formula is C67H81N8O17S5-. The van der Waals surface area contributed by atoms with Crippen LogP contribution in [0, 0.1) is 6.92 Å². The van der Waals surface area contributed by atoms with Gasteiger partial charge in [0.25, 0.3) is 20.2 Å². The summed E-state index contributed by atoms with van der Waals surface area (Å²) in [6, 6.07) is 15.1. The minimum absolute atomic E-state index is 0.00249. The monoisotopic (exact) mass is 1430 g/mol. The van der Waals surface area contributed by atoms with Crippen molar-refractivity contribution in [2.75, 3.05) is 54.9 Å². The van der Waals surface area contributed by atoms with Crippen molar-refractivity contribution in [1.82, 2.24) is 24.6 Å². The maximum Gasteiger partial charge on any atom is 0.303 e. The van der Waals surface area contributed by atoms with Crippen LogP contribution in [0.2, 0.25) is 0 Å². The van der Waals surface area contributed by atoms with Gasteiger partial charge in [0.15, 0.2) is 5.71 Å². The zero-order chi connectivity index (χ0) is 70.6. The highest BCUT2D eigenvalue weighted by molar-refractivity contribution is 7.89. The number of nitrogens with zero attached hydrogens (tertiary/aromatic N) is 6. The SMILES string of the molecule is Cc1ncc([C@@H](CCCCCCc2nc3c(cc2CNC(=O)CCCN(C)S(=O)(=O)c2cccc4c5c(ccc24)N(CCCS(=O)(=O)[O-])/C(=C/C=C/C=C/C2=[N+](CCCS(=O)(=O)[O-])c4ccc6c(S(=O)(=O)O)cc(S(=O)(=O)O)cc6c4C2(C)C)C5(C)C)CCCN3)CC(=O)O)cn1. The average Bonchev–Trinajstić information content (AvgIpc) is 1.60. The maximum absolute atomic E-state index is 14.6. The lowest BCUT2D eigenvalue weighted by Crippen LogP contribution is -2.30. The second kappa shape index (κ2) is 29.6. The summed E-state index contributed by atoms with van der Waals surface area (Å²) >= 11 is 0. The van der Waals surface area contributed by atoms with Gasteiger partial charge in [-0.15, -0.1) is 0 Å². The van der Waals surface area contributed by atoms with Crippen molar-refractivity contribution in [3.63, 3.8) is 0 Å². The van der Waals surface area contributed by atoms with Crippen LogP contribution in [0.4, 0.5) is 17.2 Å². The molecule has 0 saturated heterocycles. The smallest absolute Gasteiger partial charge is 0.303 e. The van der Waals surface area contributed by atoms with Crippen molar-refractivity contribution in [2.24, 2.45) is 0 Å². The van der Waals surface area contributed by atoms with E-state index in [0.717, 1.165) is 84.9 Å². The van der Waals surface area contributed by atoms with Gasteiger partial charge in [0, 0.05) is 121 Å². The largest absolute Gasteiger partial charge is 0.748 e. The molecule has 97 heavy (non-hydrogen) atoms. The molecule has 5 N–H and O–H groups in total. The van der Waals surface area contributed by atoms with Gasteiger partial charge < -0.3 is 29.7 Å². The predicted octanol–water partition coefficient (Wildman–Crippen LogP) is 8.85. The number of sulfonamides is 1. The van der Waals surface area contributed by atoms with Gasteiger partial charge in [-0.2, -0.15) is 21.4 Å². The fourth-order valence-corrected chi connectivity index (χ4v) is 17.3. The number of unbranched alkanes of at least 4 members (excludes halogenated alkanes) is 3. The lowest BCUT2D eigenvalue weighted by molar-refractivity contribution is -0.437. The van der Waals surface area contributed by atoms with Gasteiger partial charge in [-0.3, -0.25) is 18.7 Å². The van der Waals surface area contributed by atoms with Crippen LogP contribution in [0.3, 0.4) is 0 Å². The molecule has 0 radical (unpaired) electrons. The van der Waals surface area contributed by atoms with Crippen LogP contribution >= 0.6 is 0 Å². The van der Waals surface area contributed by atoms with Crippen molar-refractivity contribution in [2.45, 2.75) is 156 Å². The Morgan fingerprint density at radius 1 is 0.773 bits per heavy atom. The molecule has 522 valence electrons. The lowest BCUT2D eigenvalue weighted by atomic mass is 9.79. The van der Waals surface area contributed by atoms with E-state index in [1.54, 1.807) is 92.4 Å². The van der Waals surface area contributed by atoms with Crippen LogP contribution in [-0.2, 0) is 90.3 Å². The molecule has 3 aliphatic rings. The number of aromatic nitrogens is 3. The van der Waals surface area contributed by atoms with Crippen LogP contribution < -0.4 is 15.5 Å². The third-order valence-corrected chi connectivity index (χ3v) is 23.5. The van der Waals surface area contributed by atoms with E-state index >= 15 is 0 Å². The Bertz CT molecular complexity index is 4790. The third-order valence-electron chi connectivity index (χ3n) is 18.2. The number of carbonyl (C=O) groups excluding carboxylic acids is 1. The summed E-state index contributed by atoms with van der Waals surface area (Å²) in [6.07, 6.45) is 18.6. The molecule has 1 amide bonds. The van der Waals surface area contributed by atoms with Crippen LogP contribution in [0.15, 0.2) is 124 Å². The van der Waals surface area contributed by atoms with Gasteiger partial charge in [-0.05, 0) is 147 Å². The first-order valence-corrected chi connectivity index (χ1v) is 39.4. The number of benzene rings is 4.